The quantitative estimate of drug-likeness (QED) is 0.551. The number of nitro groups is 1. The smallest absolute Gasteiger partial charge is 0.269 e. The van der Waals surface area contributed by atoms with Crippen molar-refractivity contribution in [3.05, 3.63) is 70.0 Å². The van der Waals surface area contributed by atoms with Gasteiger partial charge in [0.25, 0.3) is 5.69 Å². The van der Waals surface area contributed by atoms with Crippen LogP contribution < -0.4 is 4.90 Å². The maximum Gasteiger partial charge on any atom is 0.269 e. The molecule has 0 aliphatic carbocycles. The molecule has 2 aromatic carbocycles. The van der Waals surface area contributed by atoms with E-state index >= 15 is 0 Å². The number of amides is 1. The maximum atomic E-state index is 13.4. The van der Waals surface area contributed by atoms with E-state index in [0.717, 1.165) is 37.4 Å². The second-order valence-corrected chi connectivity index (χ2v) is 7.30. The van der Waals surface area contributed by atoms with Crippen LogP contribution in [0.2, 0.25) is 0 Å². The average Bonchev–Trinajstić information content (AvgIpc) is 2.73. The van der Waals surface area contributed by atoms with Crippen LogP contribution in [0.4, 0.5) is 15.8 Å². The number of likely N-dealkylation sites (N-methyl/N-ethyl adjacent to an activating group) is 1. The molecule has 0 N–H and O–H groups in total. The molecule has 29 heavy (non-hydrogen) atoms. The van der Waals surface area contributed by atoms with E-state index in [0.29, 0.717) is 6.54 Å². The van der Waals surface area contributed by atoms with E-state index in [1.165, 1.54) is 24.3 Å². The lowest BCUT2D eigenvalue weighted by Crippen LogP contribution is -2.54. The second-order valence-electron chi connectivity index (χ2n) is 7.30. The number of piperazine rings is 1. The Morgan fingerprint density at radius 2 is 1.83 bits per heavy atom. The van der Waals surface area contributed by atoms with E-state index in [4.69, 9.17) is 0 Å². The van der Waals surface area contributed by atoms with Crippen molar-refractivity contribution >= 4 is 17.3 Å². The zero-order valence-electron chi connectivity index (χ0n) is 16.6. The molecule has 0 aromatic heterocycles. The van der Waals surface area contributed by atoms with E-state index in [1.807, 2.05) is 6.92 Å². The van der Waals surface area contributed by atoms with E-state index in [2.05, 4.69) is 9.80 Å². The molecule has 2 aromatic rings. The minimum absolute atomic E-state index is 0.00181. The SMILES string of the molecule is C[C@H](C(=O)N(C)Cc1cccc(F)c1)N1CCN(c2ccc([N+](=O)[O-])cc2)CC1. The molecule has 1 heterocycles. The fourth-order valence-electron chi connectivity index (χ4n) is 3.61. The molecule has 3 rings (SSSR count). The third-order valence-corrected chi connectivity index (χ3v) is 5.33. The second kappa shape index (κ2) is 9.00. The van der Waals surface area contributed by atoms with Crippen molar-refractivity contribution in [1.82, 2.24) is 9.80 Å². The first-order valence-electron chi connectivity index (χ1n) is 9.58. The highest BCUT2D eigenvalue weighted by Gasteiger charge is 2.27. The van der Waals surface area contributed by atoms with Crippen LogP contribution in [0.3, 0.4) is 0 Å². The molecular formula is C21H25FN4O3. The summed E-state index contributed by atoms with van der Waals surface area (Å²) in [6.45, 7) is 5.18. The fraction of sp³-hybridized carbons (Fsp3) is 0.381. The summed E-state index contributed by atoms with van der Waals surface area (Å²) >= 11 is 0. The summed E-state index contributed by atoms with van der Waals surface area (Å²) < 4.78 is 13.4. The molecule has 1 amide bonds. The van der Waals surface area contributed by atoms with Crippen molar-refractivity contribution in [2.45, 2.75) is 19.5 Å². The number of nitrogens with zero attached hydrogens (tertiary/aromatic N) is 4. The van der Waals surface area contributed by atoms with Crippen molar-refractivity contribution in [3.63, 3.8) is 0 Å². The number of halogens is 1. The average molecular weight is 400 g/mol. The Morgan fingerprint density at radius 3 is 2.41 bits per heavy atom. The first kappa shape index (κ1) is 20.7. The van der Waals surface area contributed by atoms with Gasteiger partial charge in [-0.25, -0.2) is 4.39 Å². The Kier molecular flexibility index (Phi) is 6.43. The number of carbonyl (C=O) groups is 1. The third-order valence-electron chi connectivity index (χ3n) is 5.33. The van der Waals surface area contributed by atoms with Gasteiger partial charge < -0.3 is 9.80 Å². The summed E-state index contributed by atoms with van der Waals surface area (Å²) in [5.41, 5.74) is 1.78. The van der Waals surface area contributed by atoms with E-state index in [9.17, 15) is 19.3 Å². The zero-order chi connectivity index (χ0) is 21.0. The number of anilines is 1. The Morgan fingerprint density at radius 1 is 1.17 bits per heavy atom. The van der Waals surface area contributed by atoms with Crippen molar-refractivity contribution in [2.24, 2.45) is 0 Å². The highest BCUT2D eigenvalue weighted by molar-refractivity contribution is 5.81. The van der Waals surface area contributed by atoms with Crippen molar-refractivity contribution in [1.29, 1.82) is 0 Å². The number of hydrogen-bond donors (Lipinski definition) is 0. The number of nitro benzene ring substituents is 1. The van der Waals surface area contributed by atoms with Gasteiger partial charge in [-0.15, -0.1) is 0 Å². The Bertz CT molecular complexity index is 866. The lowest BCUT2D eigenvalue weighted by molar-refractivity contribution is -0.384. The molecular weight excluding hydrogens is 375 g/mol. The van der Waals surface area contributed by atoms with Gasteiger partial charge in [0.05, 0.1) is 11.0 Å². The maximum absolute atomic E-state index is 13.4. The molecule has 0 spiro atoms. The van der Waals surface area contributed by atoms with Crippen molar-refractivity contribution in [3.8, 4) is 0 Å². The number of non-ortho nitro benzene ring substituents is 1. The van der Waals surface area contributed by atoms with Gasteiger partial charge in [-0.1, -0.05) is 12.1 Å². The molecule has 0 radical (unpaired) electrons. The van der Waals surface area contributed by atoms with Crippen LogP contribution in [0.5, 0.6) is 0 Å². The molecule has 0 saturated carbocycles. The van der Waals surface area contributed by atoms with Crippen LogP contribution in [0.25, 0.3) is 0 Å². The van der Waals surface area contributed by atoms with Gasteiger partial charge in [0, 0.05) is 57.6 Å². The van der Waals surface area contributed by atoms with Gasteiger partial charge in [0.2, 0.25) is 5.91 Å². The number of rotatable bonds is 6. The first-order valence-corrected chi connectivity index (χ1v) is 9.58. The Labute approximate surface area is 169 Å². The molecule has 1 atom stereocenters. The monoisotopic (exact) mass is 400 g/mol. The lowest BCUT2D eigenvalue weighted by Gasteiger charge is -2.39. The predicted octanol–water partition coefficient (Wildman–Crippen LogP) is 2.90. The van der Waals surface area contributed by atoms with Crippen LogP contribution >= 0.6 is 0 Å². The van der Waals surface area contributed by atoms with Gasteiger partial charge in [0.15, 0.2) is 0 Å². The number of hydrogen-bond acceptors (Lipinski definition) is 5. The number of carbonyl (C=O) groups excluding carboxylic acids is 1. The first-order chi connectivity index (χ1) is 13.8. The van der Waals surface area contributed by atoms with Gasteiger partial charge in [-0.05, 0) is 36.8 Å². The minimum atomic E-state index is -0.407. The van der Waals surface area contributed by atoms with E-state index in [-0.39, 0.29) is 23.5 Å². The van der Waals surface area contributed by atoms with Crippen LogP contribution in [-0.2, 0) is 11.3 Å². The van der Waals surface area contributed by atoms with Crippen LogP contribution in [0, 0.1) is 15.9 Å². The minimum Gasteiger partial charge on any atom is -0.369 e. The van der Waals surface area contributed by atoms with Crippen molar-refractivity contribution < 1.29 is 14.1 Å². The largest absolute Gasteiger partial charge is 0.369 e. The summed E-state index contributed by atoms with van der Waals surface area (Å²) in [5, 5.41) is 10.8. The molecule has 1 aliphatic heterocycles. The molecule has 0 bridgehead atoms. The third kappa shape index (κ3) is 5.08. The standard InChI is InChI=1S/C21H25FN4O3/c1-16(21(27)23(2)15-17-4-3-5-18(22)14-17)24-10-12-25(13-11-24)19-6-8-20(9-7-19)26(28)29/h3-9,14,16H,10-13,15H2,1-2H3/t16-/m1/s1. The highest BCUT2D eigenvalue weighted by Crippen LogP contribution is 2.21. The predicted molar refractivity (Wildman–Crippen MR) is 109 cm³/mol. The van der Waals surface area contributed by atoms with Crippen LogP contribution in [0.1, 0.15) is 12.5 Å². The normalized spacial score (nSPS) is 15.8. The summed E-state index contributed by atoms with van der Waals surface area (Å²) in [6, 6.07) is 12.5. The molecule has 0 unspecified atom stereocenters. The van der Waals surface area contributed by atoms with Gasteiger partial charge in [0.1, 0.15) is 5.82 Å². The molecule has 154 valence electrons. The van der Waals surface area contributed by atoms with Crippen LogP contribution in [0.15, 0.2) is 48.5 Å². The highest BCUT2D eigenvalue weighted by atomic mass is 19.1. The molecule has 1 fully saturated rings. The van der Waals surface area contributed by atoms with E-state index < -0.39 is 4.92 Å². The summed E-state index contributed by atoms with van der Waals surface area (Å²) in [4.78, 5) is 29.1. The molecule has 1 aliphatic rings. The summed E-state index contributed by atoms with van der Waals surface area (Å²) in [5.74, 6) is -0.309. The molecule has 7 nitrogen and oxygen atoms in total. The Balaban J connectivity index is 1.54. The van der Waals surface area contributed by atoms with Gasteiger partial charge in [-0.3, -0.25) is 19.8 Å². The molecule has 1 saturated heterocycles. The zero-order valence-corrected chi connectivity index (χ0v) is 16.6. The van der Waals surface area contributed by atoms with Crippen molar-refractivity contribution in [2.75, 3.05) is 38.1 Å². The Hall–Kier alpha value is -3.00. The van der Waals surface area contributed by atoms with Gasteiger partial charge in [-0.2, -0.15) is 0 Å². The summed E-state index contributed by atoms with van der Waals surface area (Å²) in [7, 11) is 1.73. The fourth-order valence-corrected chi connectivity index (χ4v) is 3.61. The van der Waals surface area contributed by atoms with Crippen LogP contribution in [-0.4, -0.2) is 59.9 Å². The summed E-state index contributed by atoms with van der Waals surface area (Å²) in [6.07, 6.45) is 0. The van der Waals surface area contributed by atoms with E-state index in [1.54, 1.807) is 36.2 Å². The topological polar surface area (TPSA) is 69.9 Å². The number of benzene rings is 2. The lowest BCUT2D eigenvalue weighted by atomic mass is 10.1. The van der Waals surface area contributed by atoms with Gasteiger partial charge >= 0.3 is 0 Å². The molecule has 8 heteroatoms.